The van der Waals surface area contributed by atoms with E-state index in [1.165, 1.54) is 0 Å². The summed E-state index contributed by atoms with van der Waals surface area (Å²) >= 11 is 0. The normalized spacial score (nSPS) is 12.3. The van der Waals surface area contributed by atoms with E-state index >= 15 is 0 Å². The molecule has 1 aliphatic heterocycles. The van der Waals surface area contributed by atoms with Crippen LogP contribution in [0.1, 0.15) is 16.1 Å². The van der Waals surface area contributed by atoms with Gasteiger partial charge in [-0.3, -0.25) is 4.79 Å². The molecule has 0 unspecified atom stereocenters. The Bertz CT molecular complexity index is 1200. The molecule has 0 radical (unpaired) electrons. The molecule has 0 aliphatic carbocycles. The summed E-state index contributed by atoms with van der Waals surface area (Å²) in [5.74, 6) is 1.07. The highest BCUT2D eigenvalue weighted by Crippen LogP contribution is 2.36. The molecule has 138 valence electrons. The summed E-state index contributed by atoms with van der Waals surface area (Å²) in [4.78, 5) is 17.5. The lowest BCUT2D eigenvalue weighted by Crippen LogP contribution is -2.13. The van der Waals surface area contributed by atoms with Crippen molar-refractivity contribution in [3.05, 3.63) is 65.9 Å². The number of ether oxygens (including phenoxy) is 2. The first-order valence-electron chi connectivity index (χ1n) is 8.72. The minimum Gasteiger partial charge on any atom is -0.454 e. The average Bonchev–Trinajstić information content (AvgIpc) is 3.34. The molecule has 1 amide bonds. The van der Waals surface area contributed by atoms with Crippen molar-refractivity contribution in [2.24, 2.45) is 0 Å². The van der Waals surface area contributed by atoms with Crippen molar-refractivity contribution in [1.29, 1.82) is 0 Å². The molecule has 4 aromatic rings. The monoisotopic (exact) mass is 373 g/mol. The number of nitrogens with one attached hydrogen (secondary N) is 1. The predicted molar refractivity (Wildman–Crippen MR) is 102 cm³/mol. The van der Waals surface area contributed by atoms with Gasteiger partial charge >= 0.3 is 0 Å². The molecule has 28 heavy (non-hydrogen) atoms. The number of nitrogens with zero attached hydrogens (tertiary/aromatic N) is 2. The number of anilines is 1. The third-order valence-electron chi connectivity index (χ3n) is 4.56. The summed E-state index contributed by atoms with van der Waals surface area (Å²) in [6.45, 7) is 1.98. The fraction of sp³-hybridized carbons (Fsp3) is 0.0952. The number of carbonyl (C=O) groups excluding carboxylic acids is 1. The summed E-state index contributed by atoms with van der Waals surface area (Å²) < 4.78 is 16.1. The van der Waals surface area contributed by atoms with Gasteiger partial charge in [0.25, 0.3) is 11.6 Å². The lowest BCUT2D eigenvalue weighted by atomic mass is 10.0. The number of hydrogen-bond donors (Lipinski definition) is 1. The number of aromatic nitrogens is 2. The van der Waals surface area contributed by atoms with E-state index < -0.39 is 0 Å². The highest BCUT2D eigenvalue weighted by molar-refractivity contribution is 6.13. The minimum absolute atomic E-state index is 0.192. The Morgan fingerprint density at radius 1 is 1.04 bits per heavy atom. The van der Waals surface area contributed by atoms with Gasteiger partial charge in [-0.2, -0.15) is 0 Å². The van der Waals surface area contributed by atoms with Crippen LogP contribution in [0.5, 0.6) is 11.5 Å². The number of fused-ring (bicyclic) bond motifs is 2. The maximum atomic E-state index is 13.0. The second kappa shape index (κ2) is 6.38. The van der Waals surface area contributed by atoms with Crippen LogP contribution in [-0.4, -0.2) is 22.8 Å². The molecule has 1 N–H and O–H groups in total. The van der Waals surface area contributed by atoms with Crippen LogP contribution in [0.3, 0.4) is 0 Å². The Morgan fingerprint density at radius 2 is 1.86 bits per heavy atom. The second-order valence-electron chi connectivity index (χ2n) is 6.39. The van der Waals surface area contributed by atoms with Crippen LogP contribution in [0.4, 0.5) is 5.69 Å². The standard InChI is InChI=1S/C21H15N3O4/c1-12-19-15(20(25)22-14-5-3-2-4-6-14)10-16(23-21(19)28-24-12)13-7-8-17-18(9-13)27-11-26-17/h2-10H,11H2,1H3,(H,22,25). The molecule has 7 heteroatoms. The Balaban J connectivity index is 1.61. The first-order chi connectivity index (χ1) is 13.7. The van der Waals surface area contributed by atoms with Crippen molar-refractivity contribution in [3.63, 3.8) is 0 Å². The molecule has 0 saturated carbocycles. The van der Waals surface area contributed by atoms with Crippen molar-refractivity contribution >= 4 is 22.7 Å². The van der Waals surface area contributed by atoms with Crippen molar-refractivity contribution in [2.75, 3.05) is 12.1 Å². The summed E-state index contributed by atoms with van der Waals surface area (Å²) in [6, 6.07) is 16.5. The highest BCUT2D eigenvalue weighted by Gasteiger charge is 2.21. The van der Waals surface area contributed by atoms with Crippen LogP contribution in [0.15, 0.2) is 59.1 Å². The number of carbonyl (C=O) groups is 1. The van der Waals surface area contributed by atoms with Gasteiger partial charge in [0.05, 0.1) is 22.3 Å². The summed E-state index contributed by atoms with van der Waals surface area (Å²) in [7, 11) is 0. The maximum absolute atomic E-state index is 13.0. The number of para-hydroxylation sites is 1. The first kappa shape index (κ1) is 16.3. The van der Waals surface area contributed by atoms with E-state index in [1.54, 1.807) is 13.0 Å². The number of amides is 1. The molecule has 0 fully saturated rings. The number of benzene rings is 2. The van der Waals surface area contributed by atoms with Gasteiger partial charge in [-0.1, -0.05) is 23.4 Å². The molecule has 0 spiro atoms. The van der Waals surface area contributed by atoms with Crippen molar-refractivity contribution in [3.8, 4) is 22.8 Å². The lowest BCUT2D eigenvalue weighted by molar-refractivity contribution is 0.102. The zero-order valence-corrected chi connectivity index (χ0v) is 14.9. The van der Waals surface area contributed by atoms with Gasteiger partial charge in [0.15, 0.2) is 11.5 Å². The number of pyridine rings is 1. The number of hydrogen-bond acceptors (Lipinski definition) is 6. The van der Waals surface area contributed by atoms with Gasteiger partial charge in [0.2, 0.25) is 6.79 Å². The van der Waals surface area contributed by atoms with Crippen LogP contribution < -0.4 is 14.8 Å². The minimum atomic E-state index is -0.258. The Hall–Kier alpha value is -3.87. The Morgan fingerprint density at radius 3 is 2.71 bits per heavy atom. The Kier molecular flexibility index (Phi) is 3.72. The molecule has 5 rings (SSSR count). The van der Waals surface area contributed by atoms with E-state index in [0.29, 0.717) is 45.2 Å². The van der Waals surface area contributed by atoms with Gasteiger partial charge in [0.1, 0.15) is 0 Å². The summed E-state index contributed by atoms with van der Waals surface area (Å²) in [5, 5.41) is 7.48. The maximum Gasteiger partial charge on any atom is 0.259 e. The van der Waals surface area contributed by atoms with E-state index in [0.717, 1.165) is 5.56 Å². The number of rotatable bonds is 3. The van der Waals surface area contributed by atoms with Crippen molar-refractivity contribution < 1.29 is 18.8 Å². The Labute approximate surface area is 159 Å². The molecule has 1 aliphatic rings. The van der Waals surface area contributed by atoms with Crippen LogP contribution in [0.2, 0.25) is 0 Å². The van der Waals surface area contributed by atoms with Crippen LogP contribution in [0, 0.1) is 6.92 Å². The average molecular weight is 373 g/mol. The fourth-order valence-electron chi connectivity index (χ4n) is 3.20. The van der Waals surface area contributed by atoms with E-state index in [4.69, 9.17) is 14.0 Å². The molecule has 7 nitrogen and oxygen atoms in total. The van der Waals surface area contributed by atoms with Crippen LogP contribution >= 0.6 is 0 Å². The molecule has 0 saturated heterocycles. The van der Waals surface area contributed by atoms with Gasteiger partial charge in [0, 0.05) is 11.3 Å². The molecule has 3 heterocycles. The first-order valence-corrected chi connectivity index (χ1v) is 8.72. The smallest absolute Gasteiger partial charge is 0.259 e. The van der Waals surface area contributed by atoms with Crippen molar-refractivity contribution in [2.45, 2.75) is 6.92 Å². The summed E-state index contributed by atoms with van der Waals surface area (Å²) in [5.41, 5.74) is 3.44. The third-order valence-corrected chi connectivity index (χ3v) is 4.56. The fourth-order valence-corrected chi connectivity index (χ4v) is 3.20. The van der Waals surface area contributed by atoms with Gasteiger partial charge in [-0.05, 0) is 43.3 Å². The molecule has 0 bridgehead atoms. The van der Waals surface area contributed by atoms with E-state index in [2.05, 4.69) is 15.5 Å². The largest absolute Gasteiger partial charge is 0.454 e. The van der Waals surface area contributed by atoms with Gasteiger partial charge in [-0.25, -0.2) is 4.98 Å². The number of aryl methyl sites for hydroxylation is 1. The topological polar surface area (TPSA) is 86.5 Å². The van der Waals surface area contributed by atoms with E-state index in [-0.39, 0.29) is 12.7 Å². The van der Waals surface area contributed by atoms with E-state index in [1.807, 2.05) is 48.5 Å². The SMILES string of the molecule is Cc1noc2nc(-c3ccc4c(c3)OCO4)cc(C(=O)Nc3ccccc3)c12. The zero-order chi connectivity index (χ0) is 19.1. The molecule has 2 aromatic heterocycles. The van der Waals surface area contributed by atoms with Gasteiger partial charge < -0.3 is 19.3 Å². The molecular formula is C21H15N3O4. The predicted octanol–water partition coefficient (Wildman–Crippen LogP) is 4.18. The second-order valence-corrected chi connectivity index (χ2v) is 6.39. The van der Waals surface area contributed by atoms with Crippen molar-refractivity contribution in [1.82, 2.24) is 10.1 Å². The zero-order valence-electron chi connectivity index (χ0n) is 14.9. The highest BCUT2D eigenvalue weighted by atomic mass is 16.7. The molecule has 0 atom stereocenters. The van der Waals surface area contributed by atoms with Gasteiger partial charge in [-0.15, -0.1) is 0 Å². The van der Waals surface area contributed by atoms with Crippen LogP contribution in [-0.2, 0) is 0 Å². The molecule has 2 aromatic carbocycles. The summed E-state index contributed by atoms with van der Waals surface area (Å²) in [6.07, 6.45) is 0. The quantitative estimate of drug-likeness (QED) is 0.580. The third kappa shape index (κ3) is 2.73. The lowest BCUT2D eigenvalue weighted by Gasteiger charge is -2.09. The molecular weight excluding hydrogens is 358 g/mol. The van der Waals surface area contributed by atoms with E-state index in [9.17, 15) is 4.79 Å². The van der Waals surface area contributed by atoms with Crippen LogP contribution in [0.25, 0.3) is 22.4 Å².